The van der Waals surface area contributed by atoms with Crippen LogP contribution in [0.3, 0.4) is 0 Å². The smallest absolute Gasteiger partial charge is 0.223 e. The highest BCUT2D eigenvalue weighted by molar-refractivity contribution is 7.85. The Morgan fingerprint density at radius 3 is 2.19 bits per heavy atom. The predicted octanol–water partition coefficient (Wildman–Crippen LogP) is 1.11. The molecule has 0 aliphatic rings. The summed E-state index contributed by atoms with van der Waals surface area (Å²) >= 11 is 0. The van der Waals surface area contributed by atoms with E-state index >= 15 is 0 Å². The van der Waals surface area contributed by atoms with Crippen molar-refractivity contribution in [3.05, 3.63) is 0 Å². The molecule has 0 fully saturated rings. The molecule has 0 aromatic heterocycles. The van der Waals surface area contributed by atoms with Gasteiger partial charge in [0.05, 0.1) is 15.9 Å². The average Bonchev–Trinajstić information content (AvgIpc) is 1.96. The van der Waals surface area contributed by atoms with Crippen molar-refractivity contribution in [3.63, 3.8) is 0 Å². The zero-order chi connectivity index (χ0) is 12.3. The summed E-state index contributed by atoms with van der Waals surface area (Å²) in [4.78, 5) is 11.5. The van der Waals surface area contributed by atoms with Gasteiger partial charge in [0, 0.05) is 11.5 Å². The third-order valence-corrected chi connectivity index (χ3v) is 3.13. The lowest BCUT2D eigenvalue weighted by Crippen LogP contribution is -2.49. The molecule has 0 bridgehead atoms. The predicted molar refractivity (Wildman–Crippen MR) is 63.0 cm³/mol. The maximum absolute atomic E-state index is 11.5. The zero-order valence-electron chi connectivity index (χ0n) is 9.53. The lowest BCUT2D eigenvalue weighted by atomic mass is 10.0. The summed E-state index contributed by atoms with van der Waals surface area (Å²) in [5.41, 5.74) is -1.01. The van der Waals surface area contributed by atoms with Gasteiger partial charge in [-0.3, -0.25) is 4.79 Å². The van der Waals surface area contributed by atoms with E-state index in [0.717, 1.165) is 0 Å². The van der Waals surface area contributed by atoms with Gasteiger partial charge in [-0.25, -0.2) is 8.42 Å². The van der Waals surface area contributed by atoms with Crippen molar-refractivity contribution < 1.29 is 17.8 Å². The first-order chi connectivity index (χ1) is 6.57. The van der Waals surface area contributed by atoms with Crippen LogP contribution in [-0.4, -0.2) is 30.2 Å². The molecule has 0 aliphatic heterocycles. The molecule has 1 N–H and O–H groups in total. The molecule has 0 radical (unpaired) electrons. The summed E-state index contributed by atoms with van der Waals surface area (Å²) in [6.45, 7) is 6.64. The van der Waals surface area contributed by atoms with Gasteiger partial charge in [0.1, 0.15) is 0 Å². The van der Waals surface area contributed by atoms with Crippen molar-refractivity contribution in [2.75, 3.05) is 5.75 Å². The van der Waals surface area contributed by atoms with E-state index in [1.54, 1.807) is 6.92 Å². The number of rotatable bonds is 5. The molecule has 6 heteroatoms. The number of nitrogens with one attached hydrogen (secondary N) is 1. The van der Waals surface area contributed by atoms with Crippen LogP contribution in [0.4, 0.5) is 0 Å². The molecule has 98 valence electrons. The molecule has 0 aromatic carbocycles. The fourth-order valence-corrected chi connectivity index (χ4v) is 2.08. The minimum Gasteiger partial charge on any atom is -0.748 e. The van der Waals surface area contributed by atoms with Crippen molar-refractivity contribution in [2.45, 2.75) is 47.1 Å². The summed E-state index contributed by atoms with van der Waals surface area (Å²) in [6, 6.07) is 0. The Morgan fingerprint density at radius 1 is 1.44 bits per heavy atom. The molecule has 16 heavy (non-hydrogen) atoms. The highest BCUT2D eigenvalue weighted by atomic mass is 32.2. The van der Waals surface area contributed by atoms with Crippen molar-refractivity contribution in [3.8, 4) is 0 Å². The highest BCUT2D eigenvalue weighted by Crippen LogP contribution is 2.09. The van der Waals surface area contributed by atoms with Crippen LogP contribution in [0.25, 0.3) is 0 Å². The van der Waals surface area contributed by atoms with Crippen LogP contribution in [0.2, 0.25) is 0 Å². The van der Waals surface area contributed by atoms with Crippen molar-refractivity contribution in [1.82, 2.24) is 5.32 Å². The van der Waals surface area contributed by atoms with Crippen LogP contribution in [-0.2, 0) is 14.9 Å². The Bertz CT molecular complexity index is 322. The molecule has 0 spiro atoms. The van der Waals surface area contributed by atoms with Crippen LogP contribution in [0.1, 0.15) is 41.5 Å². The number of carbonyl (C=O) groups is 1. The zero-order valence-corrected chi connectivity index (χ0v) is 10.3. The van der Waals surface area contributed by atoms with E-state index in [-0.39, 0.29) is 19.3 Å². The number of amides is 1. The molecular weight excluding hydrogens is 230 g/mol. The van der Waals surface area contributed by atoms with Gasteiger partial charge in [-0.1, -0.05) is 21.3 Å². The van der Waals surface area contributed by atoms with E-state index in [4.69, 9.17) is 0 Å². The van der Waals surface area contributed by atoms with E-state index in [2.05, 4.69) is 5.32 Å². The molecule has 0 aliphatic carbocycles. The summed E-state index contributed by atoms with van der Waals surface area (Å²) in [7, 11) is -4.32. The van der Waals surface area contributed by atoms with E-state index in [0.29, 0.717) is 6.42 Å². The molecule has 0 rings (SSSR count). The first kappa shape index (κ1) is 17.8. The number of hydrogen-bond donors (Lipinski definition) is 1. The van der Waals surface area contributed by atoms with Gasteiger partial charge in [-0.05, 0) is 20.3 Å². The van der Waals surface area contributed by atoms with Crippen LogP contribution in [0, 0.1) is 5.92 Å². The van der Waals surface area contributed by atoms with Crippen LogP contribution in [0.15, 0.2) is 0 Å². The topological polar surface area (TPSA) is 86.3 Å². The van der Waals surface area contributed by atoms with Crippen LogP contribution < -0.4 is 5.32 Å². The lowest BCUT2D eigenvalue weighted by Gasteiger charge is -2.28. The Balaban J connectivity index is 0. The van der Waals surface area contributed by atoms with Crippen molar-refractivity contribution >= 4 is 16.0 Å². The molecule has 1 unspecified atom stereocenters. The largest absolute Gasteiger partial charge is 0.748 e. The Labute approximate surface area is 98.4 Å². The van der Waals surface area contributed by atoms with Gasteiger partial charge in [0.15, 0.2) is 0 Å². The Hall–Kier alpha value is -0.620. The van der Waals surface area contributed by atoms with Gasteiger partial charge < -0.3 is 9.87 Å². The summed E-state index contributed by atoms with van der Waals surface area (Å²) in [5, 5.41) is 2.55. The minimum absolute atomic E-state index is 0. The molecule has 0 saturated carbocycles. The molecule has 5 nitrogen and oxygen atoms in total. The third-order valence-electron chi connectivity index (χ3n) is 2.06. The standard InChI is InChI=1S/C9H19NO4S.CH4/c1-5-7(2)8(11)10-9(3,4)6-15(12,13)14;/h7H,5-6H2,1-4H3,(H,10,11)(H,12,13,14);1H4/p-1. The first-order valence-electron chi connectivity index (χ1n) is 4.83. The maximum atomic E-state index is 11.5. The number of carbonyl (C=O) groups excluding carboxylic acids is 1. The molecule has 0 aromatic rings. The summed E-state index contributed by atoms with van der Waals surface area (Å²) in [5.74, 6) is -1.01. The fraction of sp³-hybridized carbons (Fsp3) is 0.900. The van der Waals surface area contributed by atoms with Gasteiger partial charge in [-0.2, -0.15) is 0 Å². The minimum atomic E-state index is -4.32. The van der Waals surface area contributed by atoms with Gasteiger partial charge in [0.25, 0.3) is 0 Å². The van der Waals surface area contributed by atoms with Crippen molar-refractivity contribution in [2.24, 2.45) is 5.92 Å². The van der Waals surface area contributed by atoms with Crippen LogP contribution in [0.5, 0.6) is 0 Å². The second-order valence-corrected chi connectivity index (χ2v) is 5.79. The second kappa shape index (κ2) is 6.20. The maximum Gasteiger partial charge on any atom is 0.223 e. The average molecular weight is 252 g/mol. The summed E-state index contributed by atoms with van der Waals surface area (Å²) in [6.07, 6.45) is 0.673. The van der Waals surface area contributed by atoms with Crippen molar-refractivity contribution in [1.29, 1.82) is 0 Å². The van der Waals surface area contributed by atoms with E-state index in [1.807, 2.05) is 6.92 Å². The normalized spacial score (nSPS) is 13.8. The summed E-state index contributed by atoms with van der Waals surface area (Å²) < 4.78 is 31.7. The SMILES string of the molecule is C.CCC(C)C(=O)NC(C)(C)CS(=O)(=O)[O-]. The number of hydrogen-bond acceptors (Lipinski definition) is 4. The van der Waals surface area contributed by atoms with E-state index in [1.165, 1.54) is 13.8 Å². The van der Waals surface area contributed by atoms with Gasteiger partial charge >= 0.3 is 0 Å². The highest BCUT2D eigenvalue weighted by Gasteiger charge is 2.25. The van der Waals surface area contributed by atoms with Gasteiger partial charge in [-0.15, -0.1) is 0 Å². The third kappa shape index (κ3) is 7.64. The molecule has 0 saturated heterocycles. The first-order valence-corrected chi connectivity index (χ1v) is 6.41. The Morgan fingerprint density at radius 2 is 1.88 bits per heavy atom. The molecule has 1 atom stereocenters. The Kier molecular flexibility index (Phi) is 6.88. The van der Waals surface area contributed by atoms with E-state index in [9.17, 15) is 17.8 Å². The fourth-order valence-electron chi connectivity index (χ4n) is 1.12. The van der Waals surface area contributed by atoms with Crippen LogP contribution >= 0.6 is 0 Å². The van der Waals surface area contributed by atoms with E-state index < -0.39 is 21.4 Å². The van der Waals surface area contributed by atoms with Gasteiger partial charge in [0.2, 0.25) is 5.91 Å². The monoisotopic (exact) mass is 252 g/mol. The second-order valence-electron chi connectivity index (χ2n) is 4.38. The molecule has 0 heterocycles. The molecule has 1 amide bonds. The lowest BCUT2D eigenvalue weighted by molar-refractivity contribution is -0.125. The molecular formula is C10H22NO4S-. The quantitative estimate of drug-likeness (QED) is 0.742.